The van der Waals surface area contributed by atoms with E-state index in [2.05, 4.69) is 24.5 Å². The number of ether oxygens (including phenoxy) is 1. The summed E-state index contributed by atoms with van der Waals surface area (Å²) in [5.74, 6) is 2.49. The predicted octanol–water partition coefficient (Wildman–Crippen LogP) is 3.51. The molecule has 2 aliphatic rings. The van der Waals surface area contributed by atoms with Crippen molar-refractivity contribution in [2.45, 2.75) is 70.4 Å². The fourth-order valence-corrected chi connectivity index (χ4v) is 3.90. The molecule has 2 N–H and O–H groups in total. The van der Waals surface area contributed by atoms with Crippen LogP contribution in [0.1, 0.15) is 58.1 Å². The molecule has 1 atom stereocenters. The van der Waals surface area contributed by atoms with Crippen molar-refractivity contribution in [3.63, 3.8) is 0 Å². The molecule has 0 radical (unpaired) electrons. The third kappa shape index (κ3) is 5.50. The number of hydrogen-bond donors (Lipinski definition) is 2. The zero-order chi connectivity index (χ0) is 17.5. The fraction of sp³-hybridized carbons (Fsp3) is 0.750. The van der Waals surface area contributed by atoms with Gasteiger partial charge >= 0.3 is 0 Å². The minimum atomic E-state index is 0.132. The van der Waals surface area contributed by atoms with E-state index in [9.17, 15) is 0 Å². The Hall–Kier alpha value is -1.49. The summed E-state index contributed by atoms with van der Waals surface area (Å²) in [4.78, 5) is 4.77. The number of nitrogens with zero attached hydrogens (tertiary/aromatic N) is 1. The van der Waals surface area contributed by atoms with Crippen molar-refractivity contribution in [2.75, 3.05) is 19.7 Å². The summed E-state index contributed by atoms with van der Waals surface area (Å²) in [6.45, 7) is 6.93. The maximum atomic E-state index is 6.15. The smallest absolute Gasteiger partial charge is 0.191 e. The van der Waals surface area contributed by atoms with E-state index in [1.54, 1.807) is 6.26 Å². The van der Waals surface area contributed by atoms with E-state index in [4.69, 9.17) is 14.1 Å². The molecule has 0 amide bonds. The summed E-state index contributed by atoms with van der Waals surface area (Å²) in [6.07, 6.45) is 9.81. The molecule has 1 saturated heterocycles. The third-order valence-corrected chi connectivity index (χ3v) is 5.21. The van der Waals surface area contributed by atoms with Gasteiger partial charge in [0.05, 0.1) is 11.9 Å². The first kappa shape index (κ1) is 18.3. The van der Waals surface area contributed by atoms with E-state index in [0.29, 0.717) is 12.0 Å². The quantitative estimate of drug-likeness (QED) is 0.611. The molecule has 25 heavy (non-hydrogen) atoms. The number of hydrogen-bond acceptors (Lipinski definition) is 3. The highest BCUT2D eigenvalue weighted by molar-refractivity contribution is 5.80. The SMILES string of the molecule is CC(C)CN=C(NCCc1ccco1)NC1CCOC2(CCCC2)C1. The Morgan fingerprint density at radius 2 is 2.20 bits per heavy atom. The number of nitrogens with one attached hydrogen (secondary N) is 2. The van der Waals surface area contributed by atoms with Crippen LogP contribution in [-0.4, -0.2) is 37.3 Å². The van der Waals surface area contributed by atoms with Gasteiger partial charge in [-0.05, 0) is 43.7 Å². The zero-order valence-electron chi connectivity index (χ0n) is 15.7. The highest BCUT2D eigenvalue weighted by Gasteiger charge is 2.40. The lowest BCUT2D eigenvalue weighted by Gasteiger charge is -2.39. The van der Waals surface area contributed by atoms with Crippen LogP contribution in [0.25, 0.3) is 0 Å². The third-order valence-electron chi connectivity index (χ3n) is 5.21. The lowest BCUT2D eigenvalue weighted by molar-refractivity contribution is -0.0815. The van der Waals surface area contributed by atoms with E-state index < -0.39 is 0 Å². The van der Waals surface area contributed by atoms with Crippen LogP contribution in [0, 0.1) is 5.92 Å². The average molecular weight is 348 g/mol. The Balaban J connectivity index is 1.53. The lowest BCUT2D eigenvalue weighted by atomic mass is 9.89. The van der Waals surface area contributed by atoms with Crippen molar-refractivity contribution >= 4 is 5.96 Å². The molecule has 1 aliphatic heterocycles. The van der Waals surface area contributed by atoms with Crippen LogP contribution >= 0.6 is 0 Å². The minimum absolute atomic E-state index is 0.132. The van der Waals surface area contributed by atoms with E-state index in [0.717, 1.165) is 50.7 Å². The molecule has 2 fully saturated rings. The standard InChI is InChI=1S/C20H33N3O2/c1-16(2)15-22-19(21-11-7-18-6-5-12-24-18)23-17-8-13-25-20(14-17)9-3-4-10-20/h5-6,12,16-17H,3-4,7-11,13-15H2,1-2H3,(H2,21,22,23). The molecule has 1 aromatic heterocycles. The van der Waals surface area contributed by atoms with Gasteiger partial charge in [-0.15, -0.1) is 0 Å². The van der Waals surface area contributed by atoms with Crippen molar-refractivity contribution in [2.24, 2.45) is 10.9 Å². The maximum Gasteiger partial charge on any atom is 0.191 e. The van der Waals surface area contributed by atoms with Gasteiger partial charge in [0.25, 0.3) is 0 Å². The lowest BCUT2D eigenvalue weighted by Crippen LogP contribution is -2.51. The van der Waals surface area contributed by atoms with Crippen molar-refractivity contribution in [3.05, 3.63) is 24.2 Å². The van der Waals surface area contributed by atoms with Gasteiger partial charge in [0, 0.05) is 32.2 Å². The monoisotopic (exact) mass is 347 g/mol. The molecule has 3 rings (SSSR count). The fourth-order valence-electron chi connectivity index (χ4n) is 3.90. The van der Waals surface area contributed by atoms with Gasteiger partial charge in [-0.25, -0.2) is 0 Å². The molecule has 1 aliphatic carbocycles. The molecule has 1 aromatic rings. The Bertz CT molecular complexity index is 533. The maximum absolute atomic E-state index is 6.15. The van der Waals surface area contributed by atoms with E-state index in [1.165, 1.54) is 25.7 Å². The summed E-state index contributed by atoms with van der Waals surface area (Å²) in [5.41, 5.74) is 0.132. The largest absolute Gasteiger partial charge is 0.469 e. The van der Waals surface area contributed by atoms with Gasteiger partial charge in [0.2, 0.25) is 0 Å². The molecule has 1 unspecified atom stereocenters. The highest BCUT2D eigenvalue weighted by Crippen LogP contribution is 2.39. The molecule has 2 heterocycles. The zero-order valence-corrected chi connectivity index (χ0v) is 15.7. The van der Waals surface area contributed by atoms with Crippen LogP contribution in [0.2, 0.25) is 0 Å². The molecular weight excluding hydrogens is 314 g/mol. The van der Waals surface area contributed by atoms with Crippen molar-refractivity contribution in [1.82, 2.24) is 10.6 Å². The first-order valence-corrected chi connectivity index (χ1v) is 9.86. The molecule has 1 saturated carbocycles. The van der Waals surface area contributed by atoms with Crippen LogP contribution in [0.3, 0.4) is 0 Å². The van der Waals surface area contributed by atoms with Crippen molar-refractivity contribution in [1.29, 1.82) is 0 Å². The van der Waals surface area contributed by atoms with E-state index in [-0.39, 0.29) is 5.60 Å². The van der Waals surface area contributed by atoms with Gasteiger partial charge < -0.3 is 19.8 Å². The number of furan rings is 1. The van der Waals surface area contributed by atoms with Gasteiger partial charge in [0.15, 0.2) is 5.96 Å². The van der Waals surface area contributed by atoms with Crippen LogP contribution < -0.4 is 10.6 Å². The Kier molecular flexibility index (Phi) is 6.40. The van der Waals surface area contributed by atoms with Gasteiger partial charge in [-0.1, -0.05) is 26.7 Å². The highest BCUT2D eigenvalue weighted by atomic mass is 16.5. The average Bonchev–Trinajstić information content (AvgIpc) is 3.25. The van der Waals surface area contributed by atoms with Crippen LogP contribution in [-0.2, 0) is 11.2 Å². The second-order valence-corrected chi connectivity index (χ2v) is 7.91. The Morgan fingerprint density at radius 3 is 2.92 bits per heavy atom. The number of aliphatic imine (C=N–C) groups is 1. The second-order valence-electron chi connectivity index (χ2n) is 7.91. The molecule has 1 spiro atoms. The topological polar surface area (TPSA) is 58.8 Å². The van der Waals surface area contributed by atoms with Gasteiger partial charge in [-0.3, -0.25) is 4.99 Å². The minimum Gasteiger partial charge on any atom is -0.469 e. The Morgan fingerprint density at radius 1 is 1.36 bits per heavy atom. The number of guanidine groups is 1. The summed E-state index contributed by atoms with van der Waals surface area (Å²) in [6, 6.07) is 4.40. The van der Waals surface area contributed by atoms with Crippen LogP contribution in [0.15, 0.2) is 27.8 Å². The summed E-state index contributed by atoms with van der Waals surface area (Å²) < 4.78 is 11.6. The van der Waals surface area contributed by atoms with Crippen molar-refractivity contribution in [3.8, 4) is 0 Å². The second kappa shape index (κ2) is 8.75. The normalized spacial score (nSPS) is 23.3. The predicted molar refractivity (Wildman–Crippen MR) is 101 cm³/mol. The summed E-state index contributed by atoms with van der Waals surface area (Å²) in [5, 5.41) is 7.15. The molecule has 140 valence electrons. The first-order chi connectivity index (χ1) is 12.2. The summed E-state index contributed by atoms with van der Waals surface area (Å²) in [7, 11) is 0. The molecule has 5 nitrogen and oxygen atoms in total. The molecule has 0 aromatic carbocycles. The van der Waals surface area contributed by atoms with Crippen LogP contribution in [0.4, 0.5) is 0 Å². The Labute approximate surface area is 151 Å². The van der Waals surface area contributed by atoms with Crippen LogP contribution in [0.5, 0.6) is 0 Å². The summed E-state index contributed by atoms with van der Waals surface area (Å²) >= 11 is 0. The van der Waals surface area contributed by atoms with E-state index >= 15 is 0 Å². The molecular formula is C20H33N3O2. The molecule has 0 bridgehead atoms. The van der Waals surface area contributed by atoms with E-state index in [1.807, 2.05) is 12.1 Å². The first-order valence-electron chi connectivity index (χ1n) is 9.86. The van der Waals surface area contributed by atoms with Crippen molar-refractivity contribution < 1.29 is 9.15 Å². The van der Waals surface area contributed by atoms with Gasteiger partial charge in [0.1, 0.15) is 5.76 Å². The number of rotatable bonds is 6. The molecule has 5 heteroatoms. The van der Waals surface area contributed by atoms with Gasteiger partial charge in [-0.2, -0.15) is 0 Å².